The number of halogens is 2. The van der Waals surface area contributed by atoms with Crippen molar-refractivity contribution in [2.75, 3.05) is 0 Å². The second kappa shape index (κ2) is 2.77. The van der Waals surface area contributed by atoms with Crippen LogP contribution in [0, 0.1) is 17.0 Å². The lowest BCUT2D eigenvalue weighted by Crippen LogP contribution is -2.28. The largest absolute Gasteiger partial charge is 0.387 e. The Morgan fingerprint density at radius 2 is 2.00 bits per heavy atom. The van der Waals surface area contributed by atoms with Gasteiger partial charge in [0.15, 0.2) is 11.6 Å². The van der Waals surface area contributed by atoms with E-state index in [1.54, 1.807) is 0 Å². The Kier molecular flexibility index (Phi) is 1.80. The quantitative estimate of drug-likeness (QED) is 0.551. The highest BCUT2D eigenvalue weighted by molar-refractivity contribution is 5.92. The fourth-order valence-electron chi connectivity index (χ4n) is 1.68. The fraction of sp³-hybridized carbons (Fsp3) is 0.300. The molecule has 0 spiro atoms. The van der Waals surface area contributed by atoms with E-state index < -0.39 is 17.0 Å². The van der Waals surface area contributed by atoms with Gasteiger partial charge in [0.25, 0.3) is 0 Å². The maximum absolute atomic E-state index is 13.4. The first-order valence-electron chi connectivity index (χ1n) is 4.37. The maximum Gasteiger partial charge on any atom is 0.163 e. The first-order chi connectivity index (χ1) is 6.58. The van der Waals surface area contributed by atoms with Crippen LogP contribution in [-0.4, -0.2) is 5.84 Å². The predicted octanol–water partition coefficient (Wildman–Crippen LogP) is 1.93. The molecule has 0 aliphatic heterocycles. The Morgan fingerprint density at radius 1 is 1.36 bits per heavy atom. The van der Waals surface area contributed by atoms with E-state index in [2.05, 4.69) is 0 Å². The number of nitrogens with one attached hydrogen (secondary N) is 1. The number of amidine groups is 1. The molecule has 14 heavy (non-hydrogen) atoms. The molecular formula is C10H10F2N2. The van der Waals surface area contributed by atoms with Gasteiger partial charge in [0.1, 0.15) is 5.84 Å². The summed E-state index contributed by atoms with van der Waals surface area (Å²) >= 11 is 0. The Labute approximate surface area is 80.2 Å². The number of rotatable bonds is 2. The molecule has 0 bridgehead atoms. The van der Waals surface area contributed by atoms with E-state index in [0.29, 0.717) is 12.8 Å². The first-order valence-corrected chi connectivity index (χ1v) is 4.37. The van der Waals surface area contributed by atoms with Gasteiger partial charge < -0.3 is 5.73 Å². The molecule has 1 aliphatic rings. The number of hydrogen-bond donors (Lipinski definition) is 2. The van der Waals surface area contributed by atoms with E-state index in [-0.39, 0.29) is 11.4 Å². The third-order valence-electron chi connectivity index (χ3n) is 2.73. The van der Waals surface area contributed by atoms with Crippen LogP contribution in [0.25, 0.3) is 0 Å². The smallest absolute Gasteiger partial charge is 0.163 e. The van der Waals surface area contributed by atoms with Crippen LogP contribution in [0.15, 0.2) is 18.2 Å². The summed E-state index contributed by atoms with van der Waals surface area (Å²) in [5, 5.41) is 7.35. The Balaban J connectivity index is 2.52. The van der Waals surface area contributed by atoms with Gasteiger partial charge >= 0.3 is 0 Å². The van der Waals surface area contributed by atoms with Gasteiger partial charge in [-0.15, -0.1) is 0 Å². The van der Waals surface area contributed by atoms with Crippen molar-refractivity contribution < 1.29 is 8.78 Å². The minimum atomic E-state index is -0.880. The first kappa shape index (κ1) is 9.12. The molecule has 4 heteroatoms. The van der Waals surface area contributed by atoms with Gasteiger partial charge in [-0.25, -0.2) is 8.78 Å². The summed E-state index contributed by atoms with van der Waals surface area (Å²) in [5.74, 6) is -1.84. The van der Waals surface area contributed by atoms with E-state index in [0.717, 1.165) is 6.07 Å². The molecule has 1 aromatic rings. The third kappa shape index (κ3) is 1.10. The fourth-order valence-corrected chi connectivity index (χ4v) is 1.68. The third-order valence-corrected chi connectivity index (χ3v) is 2.73. The highest BCUT2D eigenvalue weighted by atomic mass is 19.2. The zero-order valence-corrected chi connectivity index (χ0v) is 7.48. The SMILES string of the molecule is N=C(N)C1(c2cccc(F)c2F)CC1. The van der Waals surface area contributed by atoms with Crippen molar-refractivity contribution in [2.24, 2.45) is 5.73 Å². The van der Waals surface area contributed by atoms with Crippen molar-refractivity contribution in [2.45, 2.75) is 18.3 Å². The van der Waals surface area contributed by atoms with Crippen molar-refractivity contribution in [3.8, 4) is 0 Å². The molecule has 1 aromatic carbocycles. The van der Waals surface area contributed by atoms with Crippen LogP contribution < -0.4 is 5.73 Å². The van der Waals surface area contributed by atoms with Crippen molar-refractivity contribution in [1.29, 1.82) is 5.41 Å². The van der Waals surface area contributed by atoms with Crippen LogP contribution in [-0.2, 0) is 5.41 Å². The van der Waals surface area contributed by atoms with Crippen molar-refractivity contribution in [1.82, 2.24) is 0 Å². The molecule has 0 saturated heterocycles. The van der Waals surface area contributed by atoms with E-state index in [4.69, 9.17) is 11.1 Å². The van der Waals surface area contributed by atoms with Crippen LogP contribution in [0.4, 0.5) is 8.78 Å². The summed E-state index contributed by atoms with van der Waals surface area (Å²) in [4.78, 5) is 0. The Hall–Kier alpha value is -1.45. The number of nitrogens with two attached hydrogens (primary N) is 1. The summed E-state index contributed by atoms with van der Waals surface area (Å²) in [6, 6.07) is 4.00. The average Bonchev–Trinajstić information content (AvgIpc) is 2.90. The molecule has 3 N–H and O–H groups in total. The molecule has 0 radical (unpaired) electrons. The molecule has 0 atom stereocenters. The molecule has 0 aromatic heterocycles. The van der Waals surface area contributed by atoms with Crippen molar-refractivity contribution in [3.63, 3.8) is 0 Å². The van der Waals surface area contributed by atoms with Crippen LogP contribution in [0.2, 0.25) is 0 Å². The van der Waals surface area contributed by atoms with E-state index in [1.807, 2.05) is 0 Å². The average molecular weight is 196 g/mol. The lowest BCUT2D eigenvalue weighted by atomic mass is 9.94. The predicted molar refractivity (Wildman–Crippen MR) is 49.2 cm³/mol. The lowest BCUT2D eigenvalue weighted by molar-refractivity contribution is 0.495. The molecular weight excluding hydrogens is 186 g/mol. The summed E-state index contributed by atoms with van der Waals surface area (Å²) in [5.41, 5.74) is 4.86. The van der Waals surface area contributed by atoms with Gasteiger partial charge in [-0.05, 0) is 18.9 Å². The maximum atomic E-state index is 13.4. The summed E-state index contributed by atoms with van der Waals surface area (Å²) in [7, 11) is 0. The zero-order valence-electron chi connectivity index (χ0n) is 7.48. The molecule has 74 valence electrons. The molecule has 0 unspecified atom stereocenters. The second-order valence-electron chi connectivity index (χ2n) is 3.60. The van der Waals surface area contributed by atoms with Gasteiger partial charge in [0, 0.05) is 5.56 Å². The van der Waals surface area contributed by atoms with E-state index >= 15 is 0 Å². The zero-order chi connectivity index (χ0) is 10.3. The van der Waals surface area contributed by atoms with Crippen molar-refractivity contribution >= 4 is 5.84 Å². The van der Waals surface area contributed by atoms with Gasteiger partial charge in [0.2, 0.25) is 0 Å². The summed E-state index contributed by atoms with van der Waals surface area (Å²) in [6.45, 7) is 0. The standard InChI is InChI=1S/C10H10F2N2/c11-7-3-1-2-6(8(7)12)10(4-5-10)9(13)14/h1-3H,4-5H2,(H3,13,14). The van der Waals surface area contributed by atoms with Crippen LogP contribution in [0.5, 0.6) is 0 Å². The molecule has 1 fully saturated rings. The van der Waals surface area contributed by atoms with Crippen LogP contribution >= 0.6 is 0 Å². The number of hydrogen-bond acceptors (Lipinski definition) is 1. The highest BCUT2D eigenvalue weighted by Crippen LogP contribution is 2.49. The van der Waals surface area contributed by atoms with Gasteiger partial charge in [0.05, 0.1) is 5.41 Å². The summed E-state index contributed by atoms with van der Waals surface area (Å²) in [6.07, 6.45) is 1.26. The molecule has 0 amide bonds. The Morgan fingerprint density at radius 3 is 2.50 bits per heavy atom. The molecule has 2 nitrogen and oxygen atoms in total. The van der Waals surface area contributed by atoms with Crippen molar-refractivity contribution in [3.05, 3.63) is 35.4 Å². The normalized spacial score (nSPS) is 17.9. The minimum absolute atomic E-state index is 0.0815. The Bertz CT molecular complexity index is 397. The van der Waals surface area contributed by atoms with E-state index in [1.165, 1.54) is 12.1 Å². The summed E-state index contributed by atoms with van der Waals surface area (Å²) < 4.78 is 26.3. The second-order valence-corrected chi connectivity index (χ2v) is 3.60. The molecule has 2 rings (SSSR count). The van der Waals surface area contributed by atoms with Gasteiger partial charge in [-0.2, -0.15) is 0 Å². The number of benzene rings is 1. The highest BCUT2D eigenvalue weighted by Gasteiger charge is 2.49. The molecule has 1 saturated carbocycles. The minimum Gasteiger partial charge on any atom is -0.387 e. The molecule has 1 aliphatic carbocycles. The lowest BCUT2D eigenvalue weighted by Gasteiger charge is -2.14. The monoisotopic (exact) mass is 196 g/mol. The molecule has 0 heterocycles. The topological polar surface area (TPSA) is 49.9 Å². The van der Waals surface area contributed by atoms with E-state index in [9.17, 15) is 8.78 Å². The van der Waals surface area contributed by atoms with Crippen LogP contribution in [0.3, 0.4) is 0 Å². The van der Waals surface area contributed by atoms with Gasteiger partial charge in [-0.1, -0.05) is 12.1 Å². The van der Waals surface area contributed by atoms with Gasteiger partial charge in [-0.3, -0.25) is 5.41 Å². The van der Waals surface area contributed by atoms with Crippen LogP contribution in [0.1, 0.15) is 18.4 Å².